The fraction of sp³-hybridized carbons (Fsp3) is 0.909. The van der Waals surface area contributed by atoms with E-state index in [-0.39, 0.29) is 6.29 Å². The van der Waals surface area contributed by atoms with Gasteiger partial charge in [0.15, 0.2) is 6.29 Å². The van der Waals surface area contributed by atoms with Crippen LogP contribution in [0.25, 0.3) is 0 Å². The van der Waals surface area contributed by atoms with Gasteiger partial charge < -0.3 is 9.47 Å². The minimum Gasteiger partial charge on any atom is -0.353 e. The van der Waals surface area contributed by atoms with E-state index in [2.05, 4.69) is 10.2 Å². The molecule has 2 aliphatic heterocycles. The van der Waals surface area contributed by atoms with E-state index in [1.54, 1.807) is 0 Å². The maximum Gasteiger partial charge on any atom is 0.157 e. The average Bonchev–Trinajstić information content (AvgIpc) is 2.32. The molecule has 2 saturated heterocycles. The van der Waals surface area contributed by atoms with Gasteiger partial charge in [-0.1, -0.05) is 0 Å². The second kappa shape index (κ2) is 6.43. The summed E-state index contributed by atoms with van der Waals surface area (Å²) in [5.74, 6) is 0. The molecule has 0 spiro atoms. The van der Waals surface area contributed by atoms with Gasteiger partial charge >= 0.3 is 0 Å². The Hall–Kier alpha value is -0.160. The third-order valence-electron chi connectivity index (χ3n) is 2.86. The van der Waals surface area contributed by atoms with Crippen LogP contribution in [0.5, 0.6) is 0 Å². The smallest absolute Gasteiger partial charge is 0.157 e. The van der Waals surface area contributed by atoms with Crippen molar-refractivity contribution < 1.29 is 9.47 Å². The van der Waals surface area contributed by atoms with E-state index in [1.165, 1.54) is 12.8 Å². The third-order valence-corrected chi connectivity index (χ3v) is 2.86. The molecule has 0 aromatic rings. The molecule has 1 atom stereocenters. The molecule has 2 rings (SSSR count). The van der Waals surface area contributed by atoms with Crippen LogP contribution in [0.1, 0.15) is 19.3 Å². The predicted molar refractivity (Wildman–Crippen MR) is 57.3 cm³/mol. The molecule has 2 radical (unpaired) electrons. The van der Waals surface area contributed by atoms with Gasteiger partial charge in [0.25, 0.3) is 0 Å². The standard InChI is InChI=1S/C11H20N2O2/c1-2-9-14-11(3-1)15-10-8-13-6-4-12-5-7-13/h4,11H,1-3,5-10H2. The van der Waals surface area contributed by atoms with Gasteiger partial charge in [-0.05, 0) is 19.3 Å². The molecule has 2 fully saturated rings. The normalized spacial score (nSPS) is 29.2. The van der Waals surface area contributed by atoms with E-state index in [4.69, 9.17) is 9.47 Å². The second-order valence-electron chi connectivity index (χ2n) is 4.06. The van der Waals surface area contributed by atoms with Crippen molar-refractivity contribution in [1.82, 2.24) is 10.2 Å². The van der Waals surface area contributed by atoms with Crippen LogP contribution >= 0.6 is 0 Å². The molecular formula is C11H20N2O2. The highest BCUT2D eigenvalue weighted by Crippen LogP contribution is 2.13. The Bertz CT molecular complexity index is 148. The first kappa shape index (κ1) is 11.3. The van der Waals surface area contributed by atoms with Crippen LogP contribution in [0.15, 0.2) is 0 Å². The Balaban J connectivity index is 1.53. The van der Waals surface area contributed by atoms with E-state index < -0.39 is 0 Å². The lowest BCUT2D eigenvalue weighted by Gasteiger charge is -2.27. The van der Waals surface area contributed by atoms with Crippen LogP contribution in [-0.4, -0.2) is 50.6 Å². The van der Waals surface area contributed by atoms with Gasteiger partial charge in [-0.25, -0.2) is 5.32 Å². The molecule has 0 aromatic heterocycles. The Labute approximate surface area is 91.9 Å². The van der Waals surface area contributed by atoms with E-state index >= 15 is 0 Å². The number of ether oxygens (including phenoxy) is 2. The molecule has 86 valence electrons. The Morgan fingerprint density at radius 3 is 3.20 bits per heavy atom. The van der Waals surface area contributed by atoms with Crippen molar-refractivity contribution in [1.29, 1.82) is 0 Å². The lowest BCUT2D eigenvalue weighted by atomic mass is 10.2. The number of rotatable bonds is 4. The fourth-order valence-corrected chi connectivity index (χ4v) is 1.91. The van der Waals surface area contributed by atoms with Gasteiger partial charge in [0, 0.05) is 32.8 Å². The van der Waals surface area contributed by atoms with Crippen molar-refractivity contribution in [2.24, 2.45) is 0 Å². The molecule has 0 N–H and O–H groups in total. The number of piperazine rings is 1. The maximum atomic E-state index is 5.68. The Kier molecular flexibility index (Phi) is 4.86. The van der Waals surface area contributed by atoms with Crippen molar-refractivity contribution in [3.8, 4) is 0 Å². The highest BCUT2D eigenvalue weighted by Gasteiger charge is 2.15. The van der Waals surface area contributed by atoms with E-state index in [9.17, 15) is 0 Å². The lowest BCUT2D eigenvalue weighted by molar-refractivity contribution is -0.164. The summed E-state index contributed by atoms with van der Waals surface area (Å²) in [6.45, 7) is 7.58. The molecule has 0 saturated carbocycles. The van der Waals surface area contributed by atoms with Gasteiger partial charge in [-0.15, -0.1) is 0 Å². The van der Waals surface area contributed by atoms with Crippen molar-refractivity contribution in [2.45, 2.75) is 25.6 Å². The first-order valence-corrected chi connectivity index (χ1v) is 5.89. The fourth-order valence-electron chi connectivity index (χ4n) is 1.91. The zero-order valence-electron chi connectivity index (χ0n) is 9.23. The summed E-state index contributed by atoms with van der Waals surface area (Å²) < 4.78 is 11.2. The van der Waals surface area contributed by atoms with Crippen molar-refractivity contribution in [2.75, 3.05) is 39.4 Å². The number of hydrogen-bond donors (Lipinski definition) is 0. The van der Waals surface area contributed by atoms with Gasteiger partial charge in [-0.3, -0.25) is 4.90 Å². The zero-order chi connectivity index (χ0) is 10.3. The van der Waals surface area contributed by atoms with Crippen LogP contribution < -0.4 is 5.32 Å². The Morgan fingerprint density at radius 2 is 2.47 bits per heavy atom. The average molecular weight is 212 g/mol. The van der Waals surface area contributed by atoms with Crippen molar-refractivity contribution >= 4 is 0 Å². The molecule has 4 nitrogen and oxygen atoms in total. The summed E-state index contributed by atoms with van der Waals surface area (Å²) in [4.78, 5) is 2.36. The van der Waals surface area contributed by atoms with Crippen LogP contribution in [-0.2, 0) is 9.47 Å². The van der Waals surface area contributed by atoms with E-state index in [0.717, 1.165) is 45.8 Å². The summed E-state index contributed by atoms with van der Waals surface area (Å²) in [5.41, 5.74) is 0. The van der Waals surface area contributed by atoms with Gasteiger partial charge in [0.2, 0.25) is 0 Å². The zero-order valence-corrected chi connectivity index (χ0v) is 9.23. The van der Waals surface area contributed by atoms with E-state index in [0.29, 0.717) is 0 Å². The third kappa shape index (κ3) is 4.07. The minimum atomic E-state index is 0.0530. The van der Waals surface area contributed by atoms with Gasteiger partial charge in [0.1, 0.15) is 0 Å². The number of nitrogens with zero attached hydrogens (tertiary/aromatic N) is 2. The SMILES string of the molecule is [CH]1CN(CCOC2CCCCO2)CC[N]1. The summed E-state index contributed by atoms with van der Waals surface area (Å²) in [6.07, 6.45) is 3.53. The summed E-state index contributed by atoms with van der Waals surface area (Å²) in [7, 11) is 0. The lowest BCUT2D eigenvalue weighted by Crippen LogP contribution is -2.39. The van der Waals surface area contributed by atoms with Gasteiger partial charge in [0.05, 0.1) is 13.2 Å². The molecule has 2 aliphatic rings. The molecule has 0 aromatic carbocycles. The predicted octanol–water partition coefficient (Wildman–Crippen LogP) is 0.611. The summed E-state index contributed by atoms with van der Waals surface area (Å²) >= 11 is 0. The molecular weight excluding hydrogens is 192 g/mol. The molecule has 0 aliphatic carbocycles. The molecule has 0 bridgehead atoms. The quantitative estimate of drug-likeness (QED) is 0.685. The second-order valence-corrected chi connectivity index (χ2v) is 4.06. The topological polar surface area (TPSA) is 35.8 Å². The number of hydrogen-bond acceptors (Lipinski definition) is 3. The van der Waals surface area contributed by atoms with Crippen LogP contribution in [0.2, 0.25) is 0 Å². The molecule has 15 heavy (non-hydrogen) atoms. The first-order chi connectivity index (χ1) is 7.45. The maximum absolute atomic E-state index is 5.68. The Morgan fingerprint density at radius 1 is 1.47 bits per heavy atom. The van der Waals surface area contributed by atoms with Gasteiger partial charge in [-0.2, -0.15) is 0 Å². The highest BCUT2D eigenvalue weighted by molar-refractivity contribution is 4.75. The minimum absolute atomic E-state index is 0.0530. The first-order valence-electron chi connectivity index (χ1n) is 5.89. The molecule has 4 heteroatoms. The monoisotopic (exact) mass is 212 g/mol. The molecule has 0 amide bonds. The van der Waals surface area contributed by atoms with Crippen molar-refractivity contribution in [3.63, 3.8) is 0 Å². The summed E-state index contributed by atoms with van der Waals surface area (Å²) in [5, 5.41) is 4.19. The summed E-state index contributed by atoms with van der Waals surface area (Å²) in [6, 6.07) is 0. The van der Waals surface area contributed by atoms with Crippen LogP contribution in [0.3, 0.4) is 0 Å². The van der Waals surface area contributed by atoms with E-state index in [1.807, 2.05) is 6.54 Å². The van der Waals surface area contributed by atoms with Crippen molar-refractivity contribution in [3.05, 3.63) is 6.54 Å². The van der Waals surface area contributed by atoms with Crippen LogP contribution in [0.4, 0.5) is 0 Å². The molecule has 1 unspecified atom stereocenters. The largest absolute Gasteiger partial charge is 0.353 e. The van der Waals surface area contributed by atoms with Crippen LogP contribution in [0, 0.1) is 6.54 Å². The highest BCUT2D eigenvalue weighted by atomic mass is 16.7. The molecule has 2 heterocycles.